The van der Waals surface area contributed by atoms with Gasteiger partial charge in [0.15, 0.2) is 0 Å². The van der Waals surface area contributed by atoms with E-state index in [9.17, 15) is 0 Å². The maximum atomic E-state index is 5.34. The maximum absolute atomic E-state index is 5.34. The lowest BCUT2D eigenvalue weighted by molar-refractivity contribution is 0.110. The lowest BCUT2D eigenvalue weighted by atomic mass is 9.93. The molecule has 1 unspecified atom stereocenters. The Balaban J connectivity index is 1.86. The quantitative estimate of drug-likeness (QED) is 0.643. The third-order valence-corrected chi connectivity index (χ3v) is 3.52. The van der Waals surface area contributed by atoms with Crippen LogP contribution in [0.25, 0.3) is 0 Å². The van der Waals surface area contributed by atoms with Gasteiger partial charge in [0.2, 0.25) is 0 Å². The second-order valence-electron chi connectivity index (χ2n) is 5.04. The molecule has 2 fully saturated rings. The van der Waals surface area contributed by atoms with Crippen LogP contribution >= 0.6 is 0 Å². The van der Waals surface area contributed by atoms with Gasteiger partial charge in [0.1, 0.15) is 0 Å². The van der Waals surface area contributed by atoms with Crippen LogP contribution in [0.1, 0.15) is 46.0 Å². The molecule has 0 radical (unpaired) electrons. The Morgan fingerprint density at radius 1 is 1.21 bits per heavy atom. The molecule has 0 aromatic heterocycles. The Hall–Kier alpha value is -0.0800. The second kappa shape index (κ2) is 4.63. The Morgan fingerprint density at radius 3 is 2.36 bits per heavy atom. The zero-order valence-corrected chi connectivity index (χ0v) is 9.54. The molecular weight excluding hydrogens is 174 g/mol. The summed E-state index contributed by atoms with van der Waals surface area (Å²) >= 11 is 0. The molecule has 2 nitrogen and oxygen atoms in total. The van der Waals surface area contributed by atoms with Crippen LogP contribution in [0.4, 0.5) is 0 Å². The molecule has 0 spiro atoms. The highest BCUT2D eigenvalue weighted by atomic mass is 16.6. The lowest BCUT2D eigenvalue weighted by Crippen LogP contribution is -2.43. The molecule has 2 aliphatic rings. The van der Waals surface area contributed by atoms with Gasteiger partial charge >= 0.3 is 0 Å². The molecule has 1 saturated heterocycles. The van der Waals surface area contributed by atoms with E-state index in [2.05, 4.69) is 18.7 Å². The number of nitrogens with zero attached hydrogens (tertiary/aromatic N) is 1. The fourth-order valence-corrected chi connectivity index (χ4v) is 2.60. The van der Waals surface area contributed by atoms with Crippen LogP contribution in [0.2, 0.25) is 0 Å². The first-order valence-corrected chi connectivity index (χ1v) is 6.14. The van der Waals surface area contributed by atoms with Crippen molar-refractivity contribution in [1.82, 2.24) is 4.90 Å². The van der Waals surface area contributed by atoms with Crippen molar-refractivity contribution < 1.29 is 4.74 Å². The maximum Gasteiger partial charge on any atom is 0.0936 e. The van der Waals surface area contributed by atoms with Crippen LogP contribution in [0.5, 0.6) is 0 Å². The van der Waals surface area contributed by atoms with Crippen LogP contribution in [0.15, 0.2) is 0 Å². The van der Waals surface area contributed by atoms with Crippen LogP contribution in [-0.4, -0.2) is 36.2 Å². The van der Waals surface area contributed by atoms with E-state index in [1.165, 1.54) is 38.6 Å². The number of rotatable bonds is 4. The van der Waals surface area contributed by atoms with Crippen LogP contribution in [0.3, 0.4) is 0 Å². The minimum atomic E-state index is 0.555. The number of hydrogen-bond donors (Lipinski definition) is 0. The molecule has 0 bridgehead atoms. The topological polar surface area (TPSA) is 15.8 Å². The SMILES string of the molecule is CC(C)N(CC1CO1)C1CCCCC1. The Morgan fingerprint density at radius 2 is 1.86 bits per heavy atom. The zero-order valence-electron chi connectivity index (χ0n) is 9.54. The van der Waals surface area contributed by atoms with E-state index in [4.69, 9.17) is 4.74 Å². The Bertz CT molecular complexity index is 171. The van der Waals surface area contributed by atoms with Gasteiger partial charge in [0.05, 0.1) is 12.7 Å². The van der Waals surface area contributed by atoms with Crippen molar-refractivity contribution in [3.8, 4) is 0 Å². The van der Waals surface area contributed by atoms with Crippen molar-refractivity contribution in [2.45, 2.75) is 64.1 Å². The fraction of sp³-hybridized carbons (Fsp3) is 1.00. The minimum absolute atomic E-state index is 0.555. The average molecular weight is 197 g/mol. The molecule has 1 aliphatic heterocycles. The van der Waals surface area contributed by atoms with Gasteiger partial charge in [-0.15, -0.1) is 0 Å². The first-order chi connectivity index (χ1) is 6.77. The summed E-state index contributed by atoms with van der Waals surface area (Å²) in [6, 6.07) is 1.52. The summed E-state index contributed by atoms with van der Waals surface area (Å²) in [5.41, 5.74) is 0. The van der Waals surface area contributed by atoms with Gasteiger partial charge < -0.3 is 4.74 Å². The number of epoxide rings is 1. The van der Waals surface area contributed by atoms with Gasteiger partial charge in [-0.3, -0.25) is 4.90 Å². The lowest BCUT2D eigenvalue weighted by Gasteiger charge is -2.36. The van der Waals surface area contributed by atoms with E-state index in [1.54, 1.807) is 0 Å². The monoisotopic (exact) mass is 197 g/mol. The normalized spacial score (nSPS) is 28.7. The highest BCUT2D eigenvalue weighted by Gasteiger charge is 2.30. The number of hydrogen-bond acceptors (Lipinski definition) is 2. The Labute approximate surface area is 87.6 Å². The highest BCUT2D eigenvalue weighted by molar-refractivity contribution is 4.83. The second-order valence-corrected chi connectivity index (χ2v) is 5.04. The molecule has 82 valence electrons. The molecule has 0 N–H and O–H groups in total. The summed E-state index contributed by atoms with van der Waals surface area (Å²) in [4.78, 5) is 2.66. The fourth-order valence-electron chi connectivity index (χ4n) is 2.60. The van der Waals surface area contributed by atoms with Gasteiger partial charge in [-0.1, -0.05) is 19.3 Å². The van der Waals surface area contributed by atoms with Gasteiger partial charge in [0, 0.05) is 18.6 Å². The molecule has 14 heavy (non-hydrogen) atoms. The predicted molar refractivity (Wildman–Crippen MR) is 58.5 cm³/mol. The molecule has 1 atom stereocenters. The van der Waals surface area contributed by atoms with Crippen molar-refractivity contribution in [3.05, 3.63) is 0 Å². The molecular formula is C12H23NO. The molecule has 1 heterocycles. The van der Waals surface area contributed by atoms with E-state index in [0.717, 1.165) is 12.6 Å². The van der Waals surface area contributed by atoms with E-state index in [-0.39, 0.29) is 0 Å². The molecule has 0 aromatic carbocycles. The standard InChI is InChI=1S/C12H23NO/c1-10(2)13(8-12-9-14-12)11-6-4-3-5-7-11/h10-12H,3-9H2,1-2H3. The van der Waals surface area contributed by atoms with Gasteiger partial charge in [-0.25, -0.2) is 0 Å². The molecule has 2 heteroatoms. The van der Waals surface area contributed by atoms with Crippen molar-refractivity contribution in [2.24, 2.45) is 0 Å². The smallest absolute Gasteiger partial charge is 0.0936 e. The van der Waals surface area contributed by atoms with Crippen molar-refractivity contribution >= 4 is 0 Å². The van der Waals surface area contributed by atoms with E-state index < -0.39 is 0 Å². The summed E-state index contributed by atoms with van der Waals surface area (Å²) in [7, 11) is 0. The van der Waals surface area contributed by atoms with E-state index in [0.29, 0.717) is 12.1 Å². The zero-order chi connectivity index (χ0) is 9.97. The van der Waals surface area contributed by atoms with E-state index >= 15 is 0 Å². The predicted octanol–water partition coefficient (Wildman–Crippen LogP) is 2.43. The summed E-state index contributed by atoms with van der Waals surface area (Å²) in [6.07, 6.45) is 7.68. The highest BCUT2D eigenvalue weighted by Crippen LogP contribution is 2.25. The minimum Gasteiger partial charge on any atom is -0.372 e. The van der Waals surface area contributed by atoms with Crippen LogP contribution < -0.4 is 0 Å². The number of ether oxygens (including phenoxy) is 1. The Kier molecular flexibility index (Phi) is 3.45. The van der Waals surface area contributed by atoms with Gasteiger partial charge in [-0.2, -0.15) is 0 Å². The molecule has 0 aromatic rings. The van der Waals surface area contributed by atoms with Crippen molar-refractivity contribution in [2.75, 3.05) is 13.2 Å². The molecule has 1 aliphatic carbocycles. The summed E-state index contributed by atoms with van der Waals surface area (Å²) in [5.74, 6) is 0. The van der Waals surface area contributed by atoms with Crippen molar-refractivity contribution in [1.29, 1.82) is 0 Å². The van der Waals surface area contributed by atoms with Gasteiger partial charge in [-0.05, 0) is 26.7 Å². The third kappa shape index (κ3) is 2.71. The largest absolute Gasteiger partial charge is 0.372 e. The van der Waals surface area contributed by atoms with Crippen molar-refractivity contribution in [3.63, 3.8) is 0 Å². The molecule has 0 amide bonds. The first-order valence-electron chi connectivity index (χ1n) is 6.14. The first kappa shape index (κ1) is 10.4. The average Bonchev–Trinajstić information content (AvgIpc) is 2.99. The molecule has 2 rings (SSSR count). The van der Waals surface area contributed by atoms with Crippen LogP contribution in [0, 0.1) is 0 Å². The summed E-state index contributed by atoms with van der Waals surface area (Å²) in [5, 5.41) is 0. The third-order valence-electron chi connectivity index (χ3n) is 3.52. The van der Waals surface area contributed by atoms with Crippen LogP contribution in [-0.2, 0) is 4.74 Å². The van der Waals surface area contributed by atoms with Gasteiger partial charge in [0.25, 0.3) is 0 Å². The summed E-state index contributed by atoms with van der Waals surface area (Å²) < 4.78 is 5.34. The van der Waals surface area contributed by atoms with E-state index in [1.807, 2.05) is 0 Å². The summed E-state index contributed by atoms with van der Waals surface area (Å²) in [6.45, 7) is 6.80. The molecule has 1 saturated carbocycles.